The highest BCUT2D eigenvalue weighted by atomic mass is 15.3. The van der Waals surface area contributed by atoms with E-state index in [4.69, 9.17) is 4.99 Å². The van der Waals surface area contributed by atoms with Gasteiger partial charge >= 0.3 is 0 Å². The van der Waals surface area contributed by atoms with Gasteiger partial charge in [-0.1, -0.05) is 36.4 Å². The first-order valence-corrected chi connectivity index (χ1v) is 10.3. The smallest absolute Gasteiger partial charge is 0.191 e. The van der Waals surface area contributed by atoms with Crippen molar-refractivity contribution in [1.82, 2.24) is 35.2 Å². The molecule has 2 aromatic carbocycles. The Kier molecular flexibility index (Phi) is 6.69. The standard InChI is InChI=1S/C23H26N8/c1-2-25-23(26-14-19-8-10-22(11-9-19)31-18-24-17-29-31)27-15-20-6-3-4-7-21(20)16-30-13-5-12-28-30/h3-13,17-18H,2,14-16H2,1H3,(H2,25,26,27). The highest BCUT2D eigenvalue weighted by Crippen LogP contribution is 2.11. The van der Waals surface area contributed by atoms with Crippen LogP contribution in [0.2, 0.25) is 0 Å². The van der Waals surface area contributed by atoms with Crippen LogP contribution in [0, 0.1) is 0 Å². The largest absolute Gasteiger partial charge is 0.357 e. The zero-order valence-electron chi connectivity index (χ0n) is 17.5. The first-order chi connectivity index (χ1) is 15.3. The van der Waals surface area contributed by atoms with Gasteiger partial charge in [-0.3, -0.25) is 4.68 Å². The summed E-state index contributed by atoms with van der Waals surface area (Å²) < 4.78 is 3.67. The number of nitrogens with one attached hydrogen (secondary N) is 2. The van der Waals surface area contributed by atoms with Gasteiger partial charge in [0.2, 0.25) is 0 Å². The van der Waals surface area contributed by atoms with Crippen molar-refractivity contribution in [3.63, 3.8) is 0 Å². The van der Waals surface area contributed by atoms with Gasteiger partial charge in [-0.05, 0) is 41.8 Å². The molecule has 2 aromatic heterocycles. The van der Waals surface area contributed by atoms with Gasteiger partial charge in [0, 0.05) is 25.5 Å². The molecule has 31 heavy (non-hydrogen) atoms. The molecule has 0 aliphatic heterocycles. The topological polar surface area (TPSA) is 85.0 Å². The molecule has 0 unspecified atom stereocenters. The Bertz CT molecular complexity index is 1080. The van der Waals surface area contributed by atoms with E-state index in [9.17, 15) is 0 Å². The van der Waals surface area contributed by atoms with Gasteiger partial charge in [-0.15, -0.1) is 0 Å². The lowest BCUT2D eigenvalue weighted by Gasteiger charge is -2.14. The van der Waals surface area contributed by atoms with Crippen molar-refractivity contribution in [2.24, 2.45) is 4.99 Å². The molecule has 0 fully saturated rings. The molecular formula is C23H26N8. The molecule has 4 rings (SSSR count). The van der Waals surface area contributed by atoms with Gasteiger partial charge in [-0.25, -0.2) is 14.7 Å². The van der Waals surface area contributed by atoms with Gasteiger partial charge in [-0.2, -0.15) is 10.2 Å². The van der Waals surface area contributed by atoms with Crippen LogP contribution in [0.4, 0.5) is 0 Å². The average Bonchev–Trinajstić information content (AvgIpc) is 3.51. The molecule has 0 saturated carbocycles. The fourth-order valence-corrected chi connectivity index (χ4v) is 3.24. The van der Waals surface area contributed by atoms with E-state index in [0.29, 0.717) is 13.1 Å². The van der Waals surface area contributed by atoms with Crippen molar-refractivity contribution in [2.45, 2.75) is 26.6 Å². The summed E-state index contributed by atoms with van der Waals surface area (Å²) in [6.07, 6.45) is 6.99. The third-order valence-electron chi connectivity index (χ3n) is 4.84. The third kappa shape index (κ3) is 5.57. The Morgan fingerprint density at radius 1 is 0.968 bits per heavy atom. The van der Waals surface area contributed by atoms with E-state index < -0.39 is 0 Å². The van der Waals surface area contributed by atoms with Crippen molar-refractivity contribution < 1.29 is 0 Å². The number of guanidine groups is 1. The normalized spacial score (nSPS) is 11.5. The molecule has 0 amide bonds. The predicted molar refractivity (Wildman–Crippen MR) is 121 cm³/mol. The van der Waals surface area contributed by atoms with E-state index in [1.807, 2.05) is 29.1 Å². The van der Waals surface area contributed by atoms with Crippen molar-refractivity contribution in [3.8, 4) is 5.69 Å². The van der Waals surface area contributed by atoms with Gasteiger partial charge in [0.1, 0.15) is 12.7 Å². The summed E-state index contributed by atoms with van der Waals surface area (Å²) in [5, 5.41) is 15.2. The molecular weight excluding hydrogens is 388 g/mol. The van der Waals surface area contributed by atoms with Crippen molar-refractivity contribution in [3.05, 3.63) is 96.3 Å². The summed E-state index contributed by atoms with van der Waals surface area (Å²) in [5.74, 6) is 0.789. The zero-order chi connectivity index (χ0) is 21.3. The Labute approximate surface area is 181 Å². The Balaban J connectivity index is 1.39. The second-order valence-electron chi connectivity index (χ2n) is 7.03. The minimum absolute atomic E-state index is 0.585. The van der Waals surface area contributed by atoms with E-state index in [0.717, 1.165) is 30.3 Å². The minimum atomic E-state index is 0.585. The lowest BCUT2D eigenvalue weighted by Crippen LogP contribution is -2.37. The molecule has 0 saturated heterocycles. The third-order valence-corrected chi connectivity index (χ3v) is 4.84. The molecule has 0 atom stereocenters. The summed E-state index contributed by atoms with van der Waals surface area (Å²) >= 11 is 0. The number of benzene rings is 2. The van der Waals surface area contributed by atoms with Crippen LogP contribution in [-0.2, 0) is 19.6 Å². The molecule has 0 aliphatic carbocycles. The number of nitrogens with zero attached hydrogens (tertiary/aromatic N) is 6. The van der Waals surface area contributed by atoms with Crippen molar-refractivity contribution in [2.75, 3.05) is 6.54 Å². The minimum Gasteiger partial charge on any atom is -0.357 e. The van der Waals surface area contributed by atoms with Gasteiger partial charge < -0.3 is 10.6 Å². The molecule has 2 N–H and O–H groups in total. The van der Waals surface area contributed by atoms with Crippen molar-refractivity contribution >= 4 is 5.96 Å². The Morgan fingerprint density at radius 3 is 2.52 bits per heavy atom. The fraction of sp³-hybridized carbons (Fsp3) is 0.217. The summed E-state index contributed by atoms with van der Waals surface area (Å²) in [4.78, 5) is 8.72. The molecule has 2 heterocycles. The number of hydrogen-bond donors (Lipinski definition) is 2. The summed E-state index contributed by atoms with van der Waals surface area (Å²) in [6, 6.07) is 18.5. The SMILES string of the molecule is CCNC(=NCc1ccc(-n2cncn2)cc1)NCc1ccccc1Cn1cccn1. The summed E-state index contributed by atoms with van der Waals surface area (Å²) in [6.45, 7) is 4.88. The summed E-state index contributed by atoms with van der Waals surface area (Å²) in [5.41, 5.74) is 4.56. The van der Waals surface area contributed by atoms with Crippen LogP contribution in [0.3, 0.4) is 0 Å². The van der Waals surface area contributed by atoms with E-state index in [1.165, 1.54) is 17.5 Å². The second kappa shape index (κ2) is 10.2. The Morgan fingerprint density at radius 2 is 1.81 bits per heavy atom. The van der Waals surface area contributed by atoms with Crippen LogP contribution in [0.25, 0.3) is 5.69 Å². The molecule has 0 spiro atoms. The molecule has 8 nitrogen and oxygen atoms in total. The predicted octanol–water partition coefficient (Wildman–Crippen LogP) is 2.77. The van der Waals surface area contributed by atoms with Crippen LogP contribution in [0.15, 0.2) is 84.6 Å². The lowest BCUT2D eigenvalue weighted by atomic mass is 10.1. The first kappa shape index (κ1) is 20.3. The highest BCUT2D eigenvalue weighted by Gasteiger charge is 2.05. The van der Waals surface area contributed by atoms with Crippen molar-refractivity contribution in [1.29, 1.82) is 0 Å². The number of rotatable bonds is 8. The fourth-order valence-electron chi connectivity index (χ4n) is 3.24. The molecule has 0 aliphatic rings. The number of aliphatic imine (C=N–C) groups is 1. The quantitative estimate of drug-likeness (QED) is 0.342. The first-order valence-electron chi connectivity index (χ1n) is 10.3. The molecule has 0 bridgehead atoms. The Hall–Kier alpha value is -3.94. The maximum Gasteiger partial charge on any atom is 0.191 e. The van der Waals surface area contributed by atoms with Gasteiger partial charge in [0.25, 0.3) is 0 Å². The van der Waals surface area contributed by atoms with Crippen LogP contribution in [0.5, 0.6) is 0 Å². The van der Waals surface area contributed by atoms with E-state index in [1.54, 1.807) is 17.2 Å². The average molecular weight is 415 g/mol. The van der Waals surface area contributed by atoms with Gasteiger partial charge in [0.15, 0.2) is 5.96 Å². The summed E-state index contributed by atoms with van der Waals surface area (Å²) in [7, 11) is 0. The van der Waals surface area contributed by atoms with E-state index in [2.05, 4.69) is 69.1 Å². The molecule has 158 valence electrons. The van der Waals surface area contributed by atoms with Gasteiger partial charge in [0.05, 0.1) is 18.8 Å². The zero-order valence-corrected chi connectivity index (χ0v) is 17.5. The number of aromatic nitrogens is 5. The molecule has 8 heteroatoms. The molecule has 0 radical (unpaired) electrons. The maximum atomic E-state index is 4.74. The lowest BCUT2D eigenvalue weighted by molar-refractivity contribution is 0.677. The molecule has 4 aromatic rings. The van der Waals surface area contributed by atoms with Crippen LogP contribution in [-0.4, -0.2) is 37.0 Å². The monoisotopic (exact) mass is 414 g/mol. The second-order valence-corrected chi connectivity index (χ2v) is 7.03. The van der Waals surface area contributed by atoms with E-state index in [-0.39, 0.29) is 0 Å². The number of hydrogen-bond acceptors (Lipinski definition) is 4. The van der Waals surface area contributed by atoms with Crippen LogP contribution >= 0.6 is 0 Å². The van der Waals surface area contributed by atoms with Crippen LogP contribution in [0.1, 0.15) is 23.6 Å². The van der Waals surface area contributed by atoms with Crippen LogP contribution < -0.4 is 10.6 Å². The maximum absolute atomic E-state index is 4.74. The highest BCUT2D eigenvalue weighted by molar-refractivity contribution is 5.79. The van der Waals surface area contributed by atoms with E-state index >= 15 is 0 Å².